The Morgan fingerprint density at radius 1 is 1.00 bits per heavy atom. The third kappa shape index (κ3) is 5.15. The summed E-state index contributed by atoms with van der Waals surface area (Å²) in [4.78, 5) is 0. The van der Waals surface area contributed by atoms with Crippen molar-refractivity contribution in [2.24, 2.45) is 5.41 Å². The van der Waals surface area contributed by atoms with Crippen LogP contribution >= 0.6 is 31.9 Å². The van der Waals surface area contributed by atoms with Crippen molar-refractivity contribution in [2.75, 3.05) is 5.32 Å². The highest BCUT2D eigenvalue weighted by Gasteiger charge is 2.20. The zero-order valence-corrected chi connectivity index (χ0v) is 15.8. The number of halogens is 2. The fourth-order valence-corrected chi connectivity index (χ4v) is 3.07. The van der Waals surface area contributed by atoms with Gasteiger partial charge in [-0.1, -0.05) is 67.0 Å². The highest BCUT2D eigenvalue weighted by Crippen LogP contribution is 2.35. The highest BCUT2D eigenvalue weighted by atomic mass is 79.9. The van der Waals surface area contributed by atoms with Crippen molar-refractivity contribution < 1.29 is 0 Å². The monoisotopic (exact) mass is 409 g/mol. The van der Waals surface area contributed by atoms with Gasteiger partial charge in [0.25, 0.3) is 0 Å². The predicted molar refractivity (Wildman–Crippen MR) is 98.7 cm³/mol. The second-order valence-electron chi connectivity index (χ2n) is 6.50. The Morgan fingerprint density at radius 2 is 1.67 bits per heavy atom. The van der Waals surface area contributed by atoms with Crippen LogP contribution in [-0.2, 0) is 0 Å². The number of rotatable bonds is 4. The molecule has 1 nitrogen and oxygen atoms in total. The molecule has 112 valence electrons. The van der Waals surface area contributed by atoms with Gasteiger partial charge in [0.1, 0.15) is 0 Å². The van der Waals surface area contributed by atoms with Gasteiger partial charge in [0.15, 0.2) is 0 Å². The molecular weight excluding hydrogens is 390 g/mol. The van der Waals surface area contributed by atoms with Crippen molar-refractivity contribution in [3.8, 4) is 0 Å². The van der Waals surface area contributed by atoms with Crippen LogP contribution < -0.4 is 5.32 Å². The second-order valence-corrected chi connectivity index (χ2v) is 8.27. The smallest absolute Gasteiger partial charge is 0.0519 e. The van der Waals surface area contributed by atoms with E-state index in [1.165, 1.54) is 5.56 Å². The van der Waals surface area contributed by atoms with Gasteiger partial charge in [0.2, 0.25) is 0 Å². The standard InChI is InChI=1S/C18H21Br2N/c1-18(2,3)12-17(13-7-5-4-6-8-13)21-16-11-14(19)9-10-15(16)20/h4-11,17,21H,12H2,1-3H3. The summed E-state index contributed by atoms with van der Waals surface area (Å²) in [6.07, 6.45) is 1.07. The fraction of sp³-hybridized carbons (Fsp3) is 0.333. The summed E-state index contributed by atoms with van der Waals surface area (Å²) in [5, 5.41) is 3.68. The molecule has 1 atom stereocenters. The molecule has 21 heavy (non-hydrogen) atoms. The van der Waals surface area contributed by atoms with Crippen LogP contribution in [0.4, 0.5) is 5.69 Å². The predicted octanol–water partition coefficient (Wildman–Crippen LogP) is 6.80. The summed E-state index contributed by atoms with van der Waals surface area (Å²) in [5.41, 5.74) is 2.69. The molecule has 0 aromatic heterocycles. The molecule has 2 rings (SSSR count). The van der Waals surface area contributed by atoms with Crippen molar-refractivity contribution in [3.05, 3.63) is 63.0 Å². The van der Waals surface area contributed by atoms with E-state index in [0.29, 0.717) is 0 Å². The van der Waals surface area contributed by atoms with Crippen molar-refractivity contribution >= 4 is 37.5 Å². The first-order chi connectivity index (χ1) is 9.85. The Bertz CT molecular complexity index is 588. The van der Waals surface area contributed by atoms with Gasteiger partial charge in [-0.25, -0.2) is 0 Å². The molecule has 3 heteroatoms. The summed E-state index contributed by atoms with van der Waals surface area (Å²) in [6.45, 7) is 6.84. The minimum atomic E-state index is 0.256. The number of nitrogens with one attached hydrogen (secondary N) is 1. The van der Waals surface area contributed by atoms with Gasteiger partial charge >= 0.3 is 0 Å². The lowest BCUT2D eigenvalue weighted by atomic mass is 9.85. The van der Waals surface area contributed by atoms with Gasteiger partial charge in [-0.05, 0) is 51.5 Å². The molecule has 0 saturated heterocycles. The van der Waals surface area contributed by atoms with E-state index >= 15 is 0 Å². The summed E-state index contributed by atoms with van der Waals surface area (Å²) in [5.74, 6) is 0. The molecule has 1 unspecified atom stereocenters. The zero-order valence-electron chi connectivity index (χ0n) is 12.7. The van der Waals surface area contributed by atoms with Crippen LogP contribution in [0.25, 0.3) is 0 Å². The Hall–Kier alpha value is -0.800. The van der Waals surface area contributed by atoms with Crippen LogP contribution in [0.2, 0.25) is 0 Å². The molecule has 0 saturated carbocycles. The molecule has 0 fully saturated rings. The van der Waals surface area contributed by atoms with Crippen LogP contribution in [0, 0.1) is 5.41 Å². The third-order valence-electron chi connectivity index (χ3n) is 3.28. The SMILES string of the molecule is CC(C)(C)CC(Nc1cc(Br)ccc1Br)c1ccccc1. The lowest BCUT2D eigenvalue weighted by Gasteiger charge is -2.28. The van der Waals surface area contributed by atoms with E-state index in [0.717, 1.165) is 21.1 Å². The fourth-order valence-electron chi connectivity index (χ4n) is 2.35. The first-order valence-corrected chi connectivity index (χ1v) is 8.70. The summed E-state index contributed by atoms with van der Waals surface area (Å²) >= 11 is 7.17. The largest absolute Gasteiger partial charge is 0.377 e. The van der Waals surface area contributed by atoms with Crippen molar-refractivity contribution in [1.29, 1.82) is 0 Å². The molecule has 0 aliphatic carbocycles. The van der Waals surface area contributed by atoms with E-state index in [4.69, 9.17) is 0 Å². The van der Waals surface area contributed by atoms with Gasteiger partial charge in [0, 0.05) is 8.95 Å². The van der Waals surface area contributed by atoms with E-state index in [1.807, 2.05) is 6.07 Å². The Labute approximate surface area is 144 Å². The molecule has 1 N–H and O–H groups in total. The van der Waals surface area contributed by atoms with Gasteiger partial charge in [-0.3, -0.25) is 0 Å². The molecule has 0 radical (unpaired) electrons. The number of hydrogen-bond acceptors (Lipinski definition) is 1. The van der Waals surface area contributed by atoms with Crippen LogP contribution in [0.3, 0.4) is 0 Å². The summed E-state index contributed by atoms with van der Waals surface area (Å²) in [6, 6.07) is 17.1. The first-order valence-electron chi connectivity index (χ1n) is 7.12. The van der Waals surface area contributed by atoms with Crippen molar-refractivity contribution in [3.63, 3.8) is 0 Å². The Balaban J connectivity index is 2.30. The van der Waals surface area contributed by atoms with E-state index in [-0.39, 0.29) is 11.5 Å². The lowest BCUT2D eigenvalue weighted by Crippen LogP contribution is -2.18. The van der Waals surface area contributed by atoms with E-state index in [1.54, 1.807) is 0 Å². The number of anilines is 1. The summed E-state index contributed by atoms with van der Waals surface area (Å²) in [7, 11) is 0. The van der Waals surface area contributed by atoms with Crippen molar-refractivity contribution in [2.45, 2.75) is 33.2 Å². The molecule has 0 aliphatic rings. The number of benzene rings is 2. The molecule has 0 spiro atoms. The lowest BCUT2D eigenvalue weighted by molar-refractivity contribution is 0.352. The normalized spacial score (nSPS) is 13.0. The topological polar surface area (TPSA) is 12.0 Å². The average molecular weight is 411 g/mol. The maximum Gasteiger partial charge on any atom is 0.0519 e. The van der Waals surface area contributed by atoms with Crippen LogP contribution in [0.5, 0.6) is 0 Å². The minimum absolute atomic E-state index is 0.256. The van der Waals surface area contributed by atoms with E-state index in [9.17, 15) is 0 Å². The average Bonchev–Trinajstić information content (AvgIpc) is 2.42. The zero-order chi connectivity index (χ0) is 15.5. The van der Waals surface area contributed by atoms with E-state index < -0.39 is 0 Å². The van der Waals surface area contributed by atoms with Crippen molar-refractivity contribution in [1.82, 2.24) is 0 Å². The molecule has 0 aliphatic heterocycles. The first kappa shape index (κ1) is 16.6. The molecule has 2 aromatic carbocycles. The molecule has 0 amide bonds. The molecule has 0 heterocycles. The maximum absolute atomic E-state index is 3.68. The van der Waals surface area contributed by atoms with Gasteiger partial charge in [-0.15, -0.1) is 0 Å². The van der Waals surface area contributed by atoms with E-state index in [2.05, 4.69) is 100 Å². The minimum Gasteiger partial charge on any atom is -0.377 e. The Morgan fingerprint density at radius 3 is 2.29 bits per heavy atom. The molecular formula is C18H21Br2N. The second kappa shape index (κ2) is 6.97. The maximum atomic E-state index is 3.68. The van der Waals surface area contributed by atoms with Crippen LogP contribution in [0.1, 0.15) is 38.8 Å². The van der Waals surface area contributed by atoms with Gasteiger partial charge in [-0.2, -0.15) is 0 Å². The van der Waals surface area contributed by atoms with Gasteiger partial charge in [0.05, 0.1) is 11.7 Å². The third-order valence-corrected chi connectivity index (χ3v) is 4.46. The quantitative estimate of drug-likeness (QED) is 0.584. The number of hydrogen-bond donors (Lipinski definition) is 1. The Kier molecular flexibility index (Phi) is 5.50. The van der Waals surface area contributed by atoms with Crippen LogP contribution in [0.15, 0.2) is 57.5 Å². The highest BCUT2D eigenvalue weighted by molar-refractivity contribution is 9.11. The molecule has 0 bridgehead atoms. The van der Waals surface area contributed by atoms with Crippen LogP contribution in [-0.4, -0.2) is 0 Å². The van der Waals surface area contributed by atoms with Gasteiger partial charge < -0.3 is 5.32 Å². The summed E-state index contributed by atoms with van der Waals surface area (Å²) < 4.78 is 2.16. The molecule has 2 aromatic rings.